The summed E-state index contributed by atoms with van der Waals surface area (Å²) in [7, 11) is 0. The molecule has 86 valence electrons. The summed E-state index contributed by atoms with van der Waals surface area (Å²) in [4.78, 5) is 11.3. The molecule has 16 heavy (non-hydrogen) atoms. The number of benzene rings is 1. The van der Waals surface area contributed by atoms with Gasteiger partial charge in [-0.15, -0.1) is 0 Å². The first kappa shape index (κ1) is 11.0. The normalized spacial score (nSPS) is 18.5. The van der Waals surface area contributed by atoms with Crippen LogP contribution in [0.3, 0.4) is 0 Å². The van der Waals surface area contributed by atoms with Gasteiger partial charge < -0.3 is 9.47 Å². The Balaban J connectivity index is 2.21. The topological polar surface area (TPSA) is 35.5 Å². The van der Waals surface area contributed by atoms with Gasteiger partial charge in [0.25, 0.3) is 0 Å². The van der Waals surface area contributed by atoms with E-state index in [9.17, 15) is 4.79 Å². The first-order chi connectivity index (χ1) is 7.70. The molecule has 0 fully saturated rings. The number of Topliss-reactive ketones (excluding diaryl/α,β-unsaturated/α-hetero) is 1. The molecule has 0 saturated carbocycles. The number of ether oxygens (including phenoxy) is 2. The van der Waals surface area contributed by atoms with Gasteiger partial charge in [0.15, 0.2) is 0 Å². The van der Waals surface area contributed by atoms with Crippen molar-refractivity contribution in [2.75, 3.05) is 13.2 Å². The Morgan fingerprint density at radius 2 is 2.38 bits per heavy atom. The first-order valence-electron chi connectivity index (χ1n) is 5.59. The van der Waals surface area contributed by atoms with Gasteiger partial charge in [-0.25, -0.2) is 0 Å². The summed E-state index contributed by atoms with van der Waals surface area (Å²) in [6.07, 6.45) is 0.756. The number of ketones is 1. The summed E-state index contributed by atoms with van der Waals surface area (Å²) in [6.45, 7) is 4.71. The molecule has 3 heteroatoms. The average molecular weight is 220 g/mol. The quantitative estimate of drug-likeness (QED) is 0.783. The Labute approximate surface area is 95.4 Å². The lowest BCUT2D eigenvalue weighted by Crippen LogP contribution is -2.26. The molecular weight excluding hydrogens is 204 g/mol. The van der Waals surface area contributed by atoms with E-state index in [2.05, 4.69) is 0 Å². The third-order valence-corrected chi connectivity index (χ3v) is 2.82. The molecule has 0 aliphatic carbocycles. The Hall–Kier alpha value is -1.51. The zero-order valence-electron chi connectivity index (χ0n) is 9.66. The highest BCUT2D eigenvalue weighted by Crippen LogP contribution is 2.30. The van der Waals surface area contributed by atoms with Crippen molar-refractivity contribution in [3.63, 3.8) is 0 Å². The van der Waals surface area contributed by atoms with Crippen molar-refractivity contribution in [2.45, 2.75) is 20.3 Å². The molecule has 1 heterocycles. The number of hydrogen-bond acceptors (Lipinski definition) is 3. The monoisotopic (exact) mass is 220 g/mol. The van der Waals surface area contributed by atoms with Crippen LogP contribution in [0.1, 0.15) is 19.4 Å². The van der Waals surface area contributed by atoms with Crippen molar-refractivity contribution in [3.05, 3.63) is 23.8 Å². The van der Waals surface area contributed by atoms with Crippen LogP contribution in [0, 0.1) is 5.92 Å². The molecular formula is C13H16O3. The van der Waals surface area contributed by atoms with Crippen molar-refractivity contribution in [3.8, 4) is 11.5 Å². The van der Waals surface area contributed by atoms with Crippen LogP contribution >= 0.6 is 0 Å². The molecule has 0 spiro atoms. The van der Waals surface area contributed by atoms with Crippen LogP contribution in [0.5, 0.6) is 11.5 Å². The molecule has 1 unspecified atom stereocenters. The summed E-state index contributed by atoms with van der Waals surface area (Å²) in [5.41, 5.74) is 1.07. The van der Waals surface area contributed by atoms with Gasteiger partial charge in [-0.1, -0.05) is 0 Å². The average Bonchev–Trinajstić information content (AvgIpc) is 2.28. The number of carbonyl (C=O) groups is 1. The minimum atomic E-state index is -0.00984. The Morgan fingerprint density at radius 3 is 3.06 bits per heavy atom. The second-order valence-corrected chi connectivity index (χ2v) is 4.03. The lowest BCUT2D eigenvalue weighted by atomic mass is 9.94. The molecule has 0 aromatic heterocycles. The highest BCUT2D eigenvalue weighted by molar-refractivity contribution is 5.79. The standard InChI is InChI=1S/C13H16O3/c1-3-15-12-4-5-13-10(7-12)6-11(8-16-13)9(2)14/h4-5,7,11H,3,6,8H2,1-2H3. The van der Waals surface area contributed by atoms with Crippen LogP contribution < -0.4 is 9.47 Å². The van der Waals surface area contributed by atoms with Crippen LogP contribution in [0.15, 0.2) is 18.2 Å². The van der Waals surface area contributed by atoms with E-state index in [4.69, 9.17) is 9.47 Å². The van der Waals surface area contributed by atoms with E-state index in [-0.39, 0.29) is 11.7 Å². The fourth-order valence-electron chi connectivity index (χ4n) is 1.89. The second kappa shape index (κ2) is 4.56. The van der Waals surface area contributed by atoms with Crippen molar-refractivity contribution in [2.24, 2.45) is 5.92 Å². The van der Waals surface area contributed by atoms with Gasteiger partial charge in [0.05, 0.1) is 19.1 Å². The highest BCUT2D eigenvalue weighted by Gasteiger charge is 2.23. The molecule has 1 aliphatic heterocycles. The third kappa shape index (κ3) is 2.18. The second-order valence-electron chi connectivity index (χ2n) is 4.03. The zero-order chi connectivity index (χ0) is 11.5. The SMILES string of the molecule is CCOc1ccc2c(c1)CC(C(C)=O)CO2. The van der Waals surface area contributed by atoms with Crippen LogP contribution in [0.4, 0.5) is 0 Å². The van der Waals surface area contributed by atoms with E-state index in [0.29, 0.717) is 13.2 Å². The minimum absolute atomic E-state index is 0.00984. The van der Waals surface area contributed by atoms with E-state index < -0.39 is 0 Å². The van der Waals surface area contributed by atoms with Gasteiger partial charge in [0.2, 0.25) is 0 Å². The van der Waals surface area contributed by atoms with E-state index in [1.807, 2.05) is 25.1 Å². The van der Waals surface area contributed by atoms with E-state index >= 15 is 0 Å². The third-order valence-electron chi connectivity index (χ3n) is 2.82. The maximum Gasteiger partial charge on any atom is 0.136 e. The largest absolute Gasteiger partial charge is 0.494 e. The van der Waals surface area contributed by atoms with Crippen LogP contribution in [0.25, 0.3) is 0 Å². The first-order valence-corrected chi connectivity index (χ1v) is 5.59. The van der Waals surface area contributed by atoms with Crippen LogP contribution in [-0.4, -0.2) is 19.0 Å². The predicted molar refractivity (Wildman–Crippen MR) is 61.0 cm³/mol. The van der Waals surface area contributed by atoms with Gasteiger partial charge in [0, 0.05) is 0 Å². The van der Waals surface area contributed by atoms with Gasteiger partial charge in [-0.3, -0.25) is 4.79 Å². The number of hydrogen-bond donors (Lipinski definition) is 0. The molecule has 0 amide bonds. The minimum Gasteiger partial charge on any atom is -0.494 e. The van der Waals surface area contributed by atoms with Crippen LogP contribution in [0.2, 0.25) is 0 Å². The summed E-state index contributed by atoms with van der Waals surface area (Å²) in [5, 5.41) is 0. The zero-order valence-corrected chi connectivity index (χ0v) is 9.66. The maximum absolute atomic E-state index is 11.3. The van der Waals surface area contributed by atoms with Crippen LogP contribution in [-0.2, 0) is 11.2 Å². The van der Waals surface area contributed by atoms with Crippen molar-refractivity contribution < 1.29 is 14.3 Å². The number of fused-ring (bicyclic) bond motifs is 1. The number of rotatable bonds is 3. The van der Waals surface area contributed by atoms with Crippen molar-refractivity contribution in [1.29, 1.82) is 0 Å². The molecule has 2 rings (SSSR count). The Bertz CT molecular complexity index is 398. The summed E-state index contributed by atoms with van der Waals surface area (Å²) < 4.78 is 11.0. The predicted octanol–water partition coefficient (Wildman–Crippen LogP) is 2.23. The molecule has 1 aromatic rings. The number of carbonyl (C=O) groups excluding carboxylic acids is 1. The smallest absolute Gasteiger partial charge is 0.136 e. The van der Waals surface area contributed by atoms with Gasteiger partial charge in [-0.2, -0.15) is 0 Å². The molecule has 3 nitrogen and oxygen atoms in total. The Morgan fingerprint density at radius 1 is 1.56 bits per heavy atom. The molecule has 1 aliphatic rings. The molecule has 0 N–H and O–H groups in total. The molecule has 0 saturated heterocycles. The maximum atomic E-state index is 11.3. The molecule has 1 aromatic carbocycles. The van der Waals surface area contributed by atoms with Gasteiger partial charge >= 0.3 is 0 Å². The molecule has 0 radical (unpaired) electrons. The molecule has 1 atom stereocenters. The van der Waals surface area contributed by atoms with E-state index in [0.717, 1.165) is 23.5 Å². The Kier molecular flexibility index (Phi) is 3.13. The summed E-state index contributed by atoms with van der Waals surface area (Å²) in [5.74, 6) is 1.90. The van der Waals surface area contributed by atoms with Crippen molar-refractivity contribution in [1.82, 2.24) is 0 Å². The van der Waals surface area contributed by atoms with Gasteiger partial charge in [0.1, 0.15) is 17.3 Å². The highest BCUT2D eigenvalue weighted by atomic mass is 16.5. The van der Waals surface area contributed by atoms with E-state index in [1.54, 1.807) is 6.92 Å². The van der Waals surface area contributed by atoms with Crippen molar-refractivity contribution >= 4 is 5.78 Å². The lowest BCUT2D eigenvalue weighted by molar-refractivity contribution is -0.121. The lowest BCUT2D eigenvalue weighted by Gasteiger charge is -2.23. The summed E-state index contributed by atoms with van der Waals surface area (Å²) in [6, 6.07) is 5.78. The molecule has 0 bridgehead atoms. The van der Waals surface area contributed by atoms with Gasteiger partial charge in [-0.05, 0) is 44.0 Å². The van der Waals surface area contributed by atoms with E-state index in [1.165, 1.54) is 0 Å². The summed E-state index contributed by atoms with van der Waals surface area (Å²) >= 11 is 0. The fourth-order valence-corrected chi connectivity index (χ4v) is 1.89. The fraction of sp³-hybridized carbons (Fsp3) is 0.462.